The maximum absolute atomic E-state index is 13.5. The highest BCUT2D eigenvalue weighted by molar-refractivity contribution is 7.10. The summed E-state index contributed by atoms with van der Waals surface area (Å²) in [6, 6.07) is 10.4. The third-order valence-corrected chi connectivity index (χ3v) is 6.49. The highest BCUT2D eigenvalue weighted by Crippen LogP contribution is 2.39. The predicted octanol–water partition coefficient (Wildman–Crippen LogP) is 4.82. The molecule has 29 heavy (non-hydrogen) atoms. The second-order valence-corrected chi connectivity index (χ2v) is 9.31. The maximum Gasteiger partial charge on any atom is 0.242 e. The van der Waals surface area contributed by atoms with E-state index in [1.165, 1.54) is 21.6 Å². The first-order valence-corrected chi connectivity index (χ1v) is 11.5. The third-order valence-electron chi connectivity index (χ3n) is 5.50. The predicted molar refractivity (Wildman–Crippen MR) is 119 cm³/mol. The largest absolute Gasteiger partial charge is 0.333 e. The van der Waals surface area contributed by atoms with Crippen LogP contribution in [0.3, 0.4) is 0 Å². The SMILES string of the molecule is CCCC(=O)N(CC(=O)N1CCc2sccc2C1c1ccccc1C)CC(C)C. The molecule has 1 atom stereocenters. The van der Waals surface area contributed by atoms with Gasteiger partial charge in [0.1, 0.15) is 0 Å². The van der Waals surface area contributed by atoms with E-state index in [9.17, 15) is 9.59 Å². The summed E-state index contributed by atoms with van der Waals surface area (Å²) in [4.78, 5) is 31.2. The summed E-state index contributed by atoms with van der Waals surface area (Å²) in [6.07, 6.45) is 2.18. The minimum absolute atomic E-state index is 0.0419. The topological polar surface area (TPSA) is 40.6 Å². The summed E-state index contributed by atoms with van der Waals surface area (Å²) in [7, 11) is 0. The van der Waals surface area contributed by atoms with E-state index in [-0.39, 0.29) is 24.4 Å². The number of hydrogen-bond acceptors (Lipinski definition) is 3. The number of thiophene rings is 1. The van der Waals surface area contributed by atoms with Gasteiger partial charge >= 0.3 is 0 Å². The smallest absolute Gasteiger partial charge is 0.242 e. The molecular weight excluding hydrogens is 380 g/mol. The van der Waals surface area contributed by atoms with Gasteiger partial charge < -0.3 is 9.80 Å². The number of amides is 2. The first-order chi connectivity index (χ1) is 13.9. The number of hydrogen-bond donors (Lipinski definition) is 0. The van der Waals surface area contributed by atoms with Crippen molar-refractivity contribution >= 4 is 23.2 Å². The van der Waals surface area contributed by atoms with Gasteiger partial charge in [-0.2, -0.15) is 0 Å². The molecule has 1 unspecified atom stereocenters. The average Bonchev–Trinajstić information content (AvgIpc) is 3.16. The molecule has 2 heterocycles. The van der Waals surface area contributed by atoms with E-state index in [1.54, 1.807) is 16.2 Å². The van der Waals surface area contributed by atoms with Crippen LogP contribution < -0.4 is 0 Å². The molecule has 0 saturated heterocycles. The Morgan fingerprint density at radius 3 is 2.66 bits per heavy atom. The van der Waals surface area contributed by atoms with Crippen LogP contribution in [-0.4, -0.2) is 41.2 Å². The molecule has 0 bridgehead atoms. The molecule has 5 heteroatoms. The molecule has 0 radical (unpaired) electrons. The molecule has 1 aromatic heterocycles. The van der Waals surface area contributed by atoms with Crippen molar-refractivity contribution in [2.75, 3.05) is 19.6 Å². The van der Waals surface area contributed by atoms with Gasteiger partial charge in [-0.15, -0.1) is 11.3 Å². The number of fused-ring (bicyclic) bond motifs is 1. The lowest BCUT2D eigenvalue weighted by molar-refractivity contribution is -0.142. The zero-order chi connectivity index (χ0) is 21.0. The fraction of sp³-hybridized carbons (Fsp3) is 0.500. The Kier molecular flexibility index (Phi) is 7.12. The van der Waals surface area contributed by atoms with Crippen molar-refractivity contribution < 1.29 is 9.59 Å². The highest BCUT2D eigenvalue weighted by Gasteiger charge is 2.34. The van der Waals surface area contributed by atoms with E-state index < -0.39 is 0 Å². The summed E-state index contributed by atoms with van der Waals surface area (Å²) < 4.78 is 0. The second-order valence-electron chi connectivity index (χ2n) is 8.31. The van der Waals surface area contributed by atoms with Crippen LogP contribution in [0.1, 0.15) is 61.2 Å². The van der Waals surface area contributed by atoms with Crippen molar-refractivity contribution in [2.24, 2.45) is 5.92 Å². The molecule has 1 aliphatic rings. The number of aryl methyl sites for hydroxylation is 1. The molecule has 0 aliphatic carbocycles. The van der Waals surface area contributed by atoms with Crippen molar-refractivity contribution in [3.05, 3.63) is 57.3 Å². The Hall–Kier alpha value is -2.14. The van der Waals surface area contributed by atoms with Crippen LogP contribution in [0.15, 0.2) is 35.7 Å². The number of benzene rings is 1. The fourth-order valence-electron chi connectivity index (χ4n) is 4.14. The average molecular weight is 413 g/mol. The van der Waals surface area contributed by atoms with Crippen molar-refractivity contribution in [2.45, 2.75) is 53.0 Å². The number of rotatable bonds is 7. The van der Waals surface area contributed by atoms with Crippen LogP contribution in [-0.2, 0) is 16.0 Å². The van der Waals surface area contributed by atoms with Crippen molar-refractivity contribution in [1.82, 2.24) is 9.80 Å². The summed E-state index contributed by atoms with van der Waals surface area (Å²) in [5.41, 5.74) is 3.60. The lowest BCUT2D eigenvalue weighted by Crippen LogP contribution is -2.47. The maximum atomic E-state index is 13.5. The van der Waals surface area contributed by atoms with Crippen molar-refractivity contribution in [3.63, 3.8) is 0 Å². The highest BCUT2D eigenvalue weighted by atomic mass is 32.1. The Morgan fingerprint density at radius 1 is 1.21 bits per heavy atom. The van der Waals surface area contributed by atoms with E-state index in [1.807, 2.05) is 24.0 Å². The number of carbonyl (C=O) groups is 2. The normalized spacial score (nSPS) is 16.0. The Balaban J connectivity index is 1.90. The summed E-state index contributed by atoms with van der Waals surface area (Å²) >= 11 is 1.77. The molecule has 0 fully saturated rings. The molecule has 1 aromatic carbocycles. The number of carbonyl (C=O) groups excluding carboxylic acids is 2. The van der Waals surface area contributed by atoms with Gasteiger partial charge in [0.15, 0.2) is 0 Å². The van der Waals surface area contributed by atoms with Gasteiger partial charge in [-0.05, 0) is 53.8 Å². The molecule has 0 N–H and O–H groups in total. The van der Waals surface area contributed by atoms with Gasteiger partial charge in [0.05, 0.1) is 12.6 Å². The standard InChI is InChI=1S/C24H32N2O2S/c1-5-8-22(27)25(15-17(2)3)16-23(28)26-13-11-21-20(12-14-29-21)24(26)19-10-7-6-9-18(19)4/h6-7,9-10,12,14,17,24H,5,8,11,13,15-16H2,1-4H3. The quantitative estimate of drug-likeness (QED) is 0.654. The van der Waals surface area contributed by atoms with E-state index >= 15 is 0 Å². The van der Waals surface area contributed by atoms with Gasteiger partial charge in [0.25, 0.3) is 0 Å². The Morgan fingerprint density at radius 2 is 1.97 bits per heavy atom. The minimum Gasteiger partial charge on any atom is -0.333 e. The Bertz CT molecular complexity index is 858. The van der Waals surface area contributed by atoms with E-state index in [0.717, 1.165) is 12.8 Å². The zero-order valence-corrected chi connectivity index (χ0v) is 18.8. The van der Waals surface area contributed by atoms with Crippen LogP contribution in [0.5, 0.6) is 0 Å². The second kappa shape index (κ2) is 9.57. The van der Waals surface area contributed by atoms with Gasteiger partial charge in [-0.25, -0.2) is 0 Å². The van der Waals surface area contributed by atoms with Crippen LogP contribution in [0.2, 0.25) is 0 Å². The van der Waals surface area contributed by atoms with Crippen LogP contribution in [0, 0.1) is 12.8 Å². The van der Waals surface area contributed by atoms with Gasteiger partial charge in [-0.3, -0.25) is 9.59 Å². The molecule has 4 nitrogen and oxygen atoms in total. The summed E-state index contributed by atoms with van der Waals surface area (Å²) in [5, 5.41) is 2.12. The first kappa shape index (κ1) is 21.6. The monoisotopic (exact) mass is 412 g/mol. The fourth-order valence-corrected chi connectivity index (χ4v) is 5.04. The lowest BCUT2D eigenvalue weighted by atomic mass is 9.90. The molecule has 2 aromatic rings. The van der Waals surface area contributed by atoms with Gasteiger partial charge in [-0.1, -0.05) is 45.0 Å². The first-order valence-electron chi connectivity index (χ1n) is 10.6. The van der Waals surface area contributed by atoms with Crippen LogP contribution >= 0.6 is 11.3 Å². The molecule has 156 valence electrons. The molecular formula is C24H32N2O2S. The van der Waals surface area contributed by atoms with Crippen LogP contribution in [0.4, 0.5) is 0 Å². The summed E-state index contributed by atoms with van der Waals surface area (Å²) in [6.45, 7) is 9.77. The summed E-state index contributed by atoms with van der Waals surface area (Å²) in [5.74, 6) is 0.455. The van der Waals surface area contributed by atoms with Crippen LogP contribution in [0.25, 0.3) is 0 Å². The number of nitrogens with zero attached hydrogens (tertiary/aromatic N) is 2. The van der Waals surface area contributed by atoms with E-state index in [4.69, 9.17) is 0 Å². The van der Waals surface area contributed by atoms with Gasteiger partial charge in [0, 0.05) is 24.4 Å². The molecule has 0 spiro atoms. The van der Waals surface area contributed by atoms with Crippen molar-refractivity contribution in [3.8, 4) is 0 Å². The molecule has 1 aliphatic heterocycles. The lowest BCUT2D eigenvalue weighted by Gasteiger charge is -2.38. The minimum atomic E-state index is -0.0686. The Labute approximate surface area is 178 Å². The van der Waals surface area contributed by atoms with Crippen molar-refractivity contribution in [1.29, 1.82) is 0 Å². The van der Waals surface area contributed by atoms with Gasteiger partial charge in [0.2, 0.25) is 11.8 Å². The zero-order valence-electron chi connectivity index (χ0n) is 18.0. The van der Waals surface area contributed by atoms with E-state index in [0.29, 0.717) is 25.4 Å². The van der Waals surface area contributed by atoms with E-state index in [2.05, 4.69) is 44.4 Å². The molecule has 0 saturated carbocycles. The molecule has 2 amide bonds. The molecule has 3 rings (SSSR count). The third kappa shape index (κ3) is 4.89.